The van der Waals surface area contributed by atoms with E-state index < -0.39 is 79.9 Å². The Labute approximate surface area is 254 Å². The number of ether oxygens (including phenoxy) is 2. The van der Waals surface area contributed by atoms with E-state index in [1.165, 1.54) is 48.5 Å². The van der Waals surface area contributed by atoms with Crippen LogP contribution in [0.5, 0.6) is 5.75 Å². The molecule has 0 aliphatic rings. The minimum absolute atomic E-state index is 0.111. The van der Waals surface area contributed by atoms with Crippen LogP contribution in [0.25, 0.3) is 0 Å². The number of amides is 2. The molecular weight excluding hydrogens is 602 g/mol. The zero-order valence-electron chi connectivity index (χ0n) is 23.6. The molecule has 0 aliphatic heterocycles. The summed E-state index contributed by atoms with van der Waals surface area (Å²) in [6, 6.07) is 7.38. The summed E-state index contributed by atoms with van der Waals surface area (Å²) in [4.78, 5) is 88.6. The summed E-state index contributed by atoms with van der Waals surface area (Å²) in [6.07, 6.45) is -3.64. The number of esters is 1. The average Bonchev–Trinajstić information content (AvgIpc) is 2.96. The molecule has 2 rings (SSSR count). The van der Waals surface area contributed by atoms with Gasteiger partial charge in [0.2, 0.25) is 5.91 Å². The smallest absolute Gasteiger partial charge is 0.411 e. The van der Waals surface area contributed by atoms with Crippen LogP contribution >= 0.6 is 0 Å². The molecule has 1 unspecified atom stereocenters. The summed E-state index contributed by atoms with van der Waals surface area (Å²) in [5.74, 6) is -8.72. The average molecular weight is 632 g/mol. The molecule has 45 heavy (non-hydrogen) atoms. The maximum absolute atomic E-state index is 13.1. The van der Waals surface area contributed by atoms with Gasteiger partial charge in [-0.05, 0) is 42.0 Å². The van der Waals surface area contributed by atoms with Crippen molar-refractivity contribution in [3.05, 3.63) is 59.7 Å². The standard InChI is InChI=1S/C27H29N5O13/c1-31(19(24(40)41)11-21(35)36)23(39)18(10-20(33)34)32(12-22(37)38)27(43)44-13-14-2-8-17(9-3-14)45-25(42)15-4-6-16(7-5-15)30-26(28)29/h2-9,18-19H,10-13H2,1H3,(H,33,34)(H,35,36)(H,37,38)(H,40,41)(H4,28,29,30)/t18?,19-/m0/s1. The van der Waals surface area contributed by atoms with E-state index in [2.05, 4.69) is 4.99 Å². The summed E-state index contributed by atoms with van der Waals surface area (Å²) < 4.78 is 10.4. The predicted octanol–water partition coefficient (Wildman–Crippen LogP) is 0.0635. The second kappa shape index (κ2) is 15.9. The molecule has 0 aromatic heterocycles. The predicted molar refractivity (Wildman–Crippen MR) is 150 cm³/mol. The number of guanidine groups is 1. The highest BCUT2D eigenvalue weighted by Crippen LogP contribution is 2.19. The van der Waals surface area contributed by atoms with Gasteiger partial charge in [-0.1, -0.05) is 12.1 Å². The molecule has 0 heterocycles. The minimum Gasteiger partial charge on any atom is -0.481 e. The van der Waals surface area contributed by atoms with E-state index in [0.29, 0.717) is 16.2 Å². The van der Waals surface area contributed by atoms with Crippen LogP contribution in [0.4, 0.5) is 10.5 Å². The first kappa shape index (κ1) is 35.0. The maximum atomic E-state index is 13.1. The molecule has 2 aromatic rings. The summed E-state index contributed by atoms with van der Waals surface area (Å²) >= 11 is 0. The Hall–Kier alpha value is -6.20. The van der Waals surface area contributed by atoms with Crippen LogP contribution in [0, 0.1) is 0 Å². The molecule has 240 valence electrons. The molecule has 0 fully saturated rings. The Morgan fingerprint density at radius 1 is 0.800 bits per heavy atom. The first-order valence-electron chi connectivity index (χ1n) is 12.7. The third-order valence-corrected chi connectivity index (χ3v) is 5.89. The number of benzene rings is 2. The number of carboxylic acid groups (broad SMARTS) is 4. The second-order valence-electron chi connectivity index (χ2n) is 9.21. The summed E-state index contributed by atoms with van der Waals surface area (Å²) in [7, 11) is 0.874. The molecule has 0 saturated heterocycles. The van der Waals surface area contributed by atoms with E-state index in [0.717, 1.165) is 7.05 Å². The van der Waals surface area contributed by atoms with E-state index >= 15 is 0 Å². The molecular formula is C27H29N5O13. The van der Waals surface area contributed by atoms with Crippen molar-refractivity contribution in [1.82, 2.24) is 9.80 Å². The highest BCUT2D eigenvalue weighted by Gasteiger charge is 2.39. The first-order valence-corrected chi connectivity index (χ1v) is 12.7. The van der Waals surface area contributed by atoms with E-state index in [1.807, 2.05) is 0 Å². The molecule has 0 spiro atoms. The number of hydrogen-bond acceptors (Lipinski definition) is 10. The van der Waals surface area contributed by atoms with Crippen LogP contribution in [0.15, 0.2) is 53.5 Å². The molecule has 0 bridgehead atoms. The number of carbonyl (C=O) groups is 7. The summed E-state index contributed by atoms with van der Waals surface area (Å²) in [5, 5.41) is 37.0. The van der Waals surface area contributed by atoms with Gasteiger partial charge in [-0.25, -0.2) is 19.4 Å². The third kappa shape index (κ3) is 10.9. The third-order valence-electron chi connectivity index (χ3n) is 5.89. The van der Waals surface area contributed by atoms with Crippen LogP contribution in [0.2, 0.25) is 0 Å². The van der Waals surface area contributed by atoms with E-state index in [9.17, 15) is 48.9 Å². The number of carbonyl (C=O) groups excluding carboxylic acids is 3. The molecule has 2 aromatic carbocycles. The Bertz CT molecular complexity index is 1470. The molecule has 18 nitrogen and oxygen atoms in total. The Morgan fingerprint density at radius 3 is 1.84 bits per heavy atom. The van der Waals surface area contributed by atoms with Crippen molar-refractivity contribution in [3.8, 4) is 5.75 Å². The zero-order chi connectivity index (χ0) is 33.8. The maximum Gasteiger partial charge on any atom is 0.411 e. The van der Waals surface area contributed by atoms with Crippen molar-refractivity contribution < 1.29 is 63.5 Å². The van der Waals surface area contributed by atoms with Gasteiger partial charge in [0.1, 0.15) is 31.0 Å². The quantitative estimate of drug-likeness (QED) is 0.0655. The van der Waals surface area contributed by atoms with Crippen LogP contribution in [0.1, 0.15) is 28.8 Å². The number of aliphatic carboxylic acids is 4. The topological polar surface area (TPSA) is 290 Å². The lowest BCUT2D eigenvalue weighted by Crippen LogP contribution is -2.56. The molecule has 8 N–H and O–H groups in total. The fourth-order valence-corrected chi connectivity index (χ4v) is 3.76. The van der Waals surface area contributed by atoms with Crippen LogP contribution < -0.4 is 16.2 Å². The number of rotatable bonds is 15. The van der Waals surface area contributed by atoms with Crippen molar-refractivity contribution in [2.75, 3.05) is 13.6 Å². The number of aliphatic imine (C=N–C) groups is 1. The fraction of sp³-hybridized carbons (Fsp3) is 0.259. The highest BCUT2D eigenvalue weighted by molar-refractivity contribution is 5.94. The van der Waals surface area contributed by atoms with Gasteiger partial charge in [-0.15, -0.1) is 0 Å². The van der Waals surface area contributed by atoms with Gasteiger partial charge in [0.15, 0.2) is 5.96 Å². The largest absolute Gasteiger partial charge is 0.481 e. The number of carboxylic acids is 4. The van der Waals surface area contributed by atoms with Gasteiger partial charge in [-0.2, -0.15) is 0 Å². The molecule has 0 radical (unpaired) electrons. The van der Waals surface area contributed by atoms with Gasteiger partial charge in [-0.3, -0.25) is 24.1 Å². The molecule has 2 amide bonds. The van der Waals surface area contributed by atoms with Gasteiger partial charge in [0.05, 0.1) is 24.1 Å². The number of nitrogens with two attached hydrogens (primary N) is 2. The fourth-order valence-electron chi connectivity index (χ4n) is 3.76. The van der Waals surface area contributed by atoms with Crippen LogP contribution in [-0.2, 0) is 35.3 Å². The summed E-state index contributed by atoms with van der Waals surface area (Å²) in [5.41, 5.74) is 11.5. The first-order chi connectivity index (χ1) is 21.1. The van der Waals surface area contributed by atoms with Crippen molar-refractivity contribution >= 4 is 53.5 Å². The van der Waals surface area contributed by atoms with E-state index in [1.54, 1.807) is 0 Å². The monoisotopic (exact) mass is 631 g/mol. The van der Waals surface area contributed by atoms with Crippen molar-refractivity contribution in [3.63, 3.8) is 0 Å². The minimum atomic E-state index is -2.07. The van der Waals surface area contributed by atoms with E-state index in [4.69, 9.17) is 26.0 Å². The lowest BCUT2D eigenvalue weighted by molar-refractivity contribution is -0.156. The molecule has 0 aliphatic carbocycles. The summed E-state index contributed by atoms with van der Waals surface area (Å²) in [6.45, 7) is -1.72. The van der Waals surface area contributed by atoms with Crippen molar-refractivity contribution in [1.29, 1.82) is 0 Å². The number of nitrogens with zero attached hydrogens (tertiary/aromatic N) is 3. The lowest BCUT2D eigenvalue weighted by Gasteiger charge is -2.33. The number of hydrogen-bond donors (Lipinski definition) is 6. The van der Waals surface area contributed by atoms with Crippen molar-refractivity contribution in [2.45, 2.75) is 31.5 Å². The van der Waals surface area contributed by atoms with Crippen LogP contribution in [0.3, 0.4) is 0 Å². The van der Waals surface area contributed by atoms with Crippen LogP contribution in [-0.4, -0.2) is 104 Å². The van der Waals surface area contributed by atoms with Gasteiger partial charge in [0.25, 0.3) is 0 Å². The van der Waals surface area contributed by atoms with Gasteiger partial charge < -0.3 is 46.3 Å². The molecule has 18 heteroatoms. The van der Waals surface area contributed by atoms with Crippen molar-refractivity contribution in [2.24, 2.45) is 16.5 Å². The SMILES string of the molecule is CN(C(=O)C(CC(=O)O)N(CC(=O)O)C(=O)OCc1ccc(OC(=O)c2ccc(N=C(N)N)cc2)cc1)[C@@H](CC(=O)O)C(=O)O. The highest BCUT2D eigenvalue weighted by atomic mass is 16.6. The van der Waals surface area contributed by atoms with E-state index in [-0.39, 0.29) is 22.2 Å². The lowest BCUT2D eigenvalue weighted by atomic mass is 10.1. The molecule has 0 saturated carbocycles. The number of likely N-dealkylation sites (N-methyl/N-ethyl adjacent to an activating group) is 1. The zero-order valence-corrected chi connectivity index (χ0v) is 23.6. The normalized spacial score (nSPS) is 11.7. The van der Waals surface area contributed by atoms with Gasteiger partial charge in [0, 0.05) is 7.05 Å². The molecule has 2 atom stereocenters. The Kier molecular flexibility index (Phi) is 12.3. The Morgan fingerprint density at radius 2 is 1.36 bits per heavy atom. The second-order valence-corrected chi connectivity index (χ2v) is 9.21. The Balaban J connectivity index is 2.16. The van der Waals surface area contributed by atoms with Gasteiger partial charge >= 0.3 is 35.9 Å².